The number of ether oxygens (including phenoxy) is 1. The fourth-order valence-corrected chi connectivity index (χ4v) is 2.29. The first-order chi connectivity index (χ1) is 10.1. The van der Waals surface area contributed by atoms with E-state index in [1.165, 1.54) is 0 Å². The number of carbonyl (C=O) groups excluding carboxylic acids is 2. The summed E-state index contributed by atoms with van der Waals surface area (Å²) in [6.45, 7) is 4.45. The molecule has 0 amide bonds. The number of nitrogens with zero attached hydrogens (tertiary/aromatic N) is 1. The molecule has 0 radical (unpaired) electrons. The number of rotatable bonds is 6. The first kappa shape index (κ1) is 15.5. The monoisotopic (exact) mass is 305 g/mol. The number of hydrogen-bond donors (Lipinski definition) is 0. The van der Waals surface area contributed by atoms with Crippen molar-refractivity contribution >= 4 is 22.6 Å². The van der Waals surface area contributed by atoms with Crippen LogP contribution in [0.3, 0.4) is 0 Å². The molecule has 4 nitrogen and oxygen atoms in total. The van der Waals surface area contributed by atoms with E-state index in [9.17, 15) is 9.59 Å². The van der Waals surface area contributed by atoms with Gasteiger partial charge in [0.2, 0.25) is 0 Å². The van der Waals surface area contributed by atoms with Crippen LogP contribution in [0.5, 0.6) is 0 Å². The molecule has 21 heavy (non-hydrogen) atoms. The van der Waals surface area contributed by atoms with E-state index in [1.54, 1.807) is 4.57 Å². The molecule has 1 aromatic carbocycles. The Morgan fingerprint density at radius 3 is 2.48 bits per heavy atom. The highest BCUT2D eigenvalue weighted by atomic mass is 35.5. The number of aromatic nitrogens is 1. The smallest absolute Gasteiger partial charge is 0.294 e. The van der Waals surface area contributed by atoms with Gasteiger partial charge in [-0.2, -0.15) is 0 Å². The van der Waals surface area contributed by atoms with Crippen molar-refractivity contribution in [1.29, 1.82) is 0 Å². The van der Waals surface area contributed by atoms with Gasteiger partial charge in [0, 0.05) is 17.9 Å². The standard InChI is InChI=1S/C16H16ClNO3/c1-3-21-10-18-11(2)9-13(12-7-5-4-6-8-12)14(18)15(19)16(17)20/h4-9H,3,10H2,1-2H3. The summed E-state index contributed by atoms with van der Waals surface area (Å²) < 4.78 is 7.05. The maximum absolute atomic E-state index is 12.2. The molecule has 0 fully saturated rings. The zero-order chi connectivity index (χ0) is 15.4. The minimum absolute atomic E-state index is 0.209. The second-order valence-electron chi connectivity index (χ2n) is 4.57. The van der Waals surface area contributed by atoms with E-state index in [2.05, 4.69) is 0 Å². The highest BCUT2D eigenvalue weighted by Crippen LogP contribution is 2.28. The molecule has 2 rings (SSSR count). The van der Waals surface area contributed by atoms with E-state index in [1.807, 2.05) is 50.2 Å². The Morgan fingerprint density at radius 2 is 1.90 bits per heavy atom. The molecule has 1 heterocycles. The summed E-state index contributed by atoms with van der Waals surface area (Å²) in [5.74, 6) is -0.719. The Hall–Kier alpha value is -1.91. The van der Waals surface area contributed by atoms with Gasteiger partial charge in [0.1, 0.15) is 12.4 Å². The van der Waals surface area contributed by atoms with Crippen LogP contribution in [-0.4, -0.2) is 22.2 Å². The molecule has 0 N–H and O–H groups in total. The van der Waals surface area contributed by atoms with Gasteiger partial charge in [-0.25, -0.2) is 0 Å². The summed E-state index contributed by atoms with van der Waals surface area (Å²) in [4.78, 5) is 23.5. The van der Waals surface area contributed by atoms with E-state index in [0.29, 0.717) is 12.2 Å². The molecule has 0 aliphatic heterocycles. The van der Waals surface area contributed by atoms with Crippen LogP contribution < -0.4 is 0 Å². The van der Waals surface area contributed by atoms with E-state index < -0.39 is 11.0 Å². The van der Waals surface area contributed by atoms with Gasteiger partial charge in [-0.05, 0) is 37.1 Å². The van der Waals surface area contributed by atoms with Crippen LogP contribution in [0.4, 0.5) is 0 Å². The molecule has 0 bridgehead atoms. The number of benzene rings is 1. The Morgan fingerprint density at radius 1 is 1.24 bits per heavy atom. The van der Waals surface area contributed by atoms with Crippen LogP contribution in [0.25, 0.3) is 11.1 Å². The fraction of sp³-hybridized carbons (Fsp3) is 0.250. The highest BCUT2D eigenvalue weighted by Gasteiger charge is 2.24. The third kappa shape index (κ3) is 3.23. The summed E-state index contributed by atoms with van der Waals surface area (Å²) in [6, 6.07) is 11.3. The molecule has 1 aromatic heterocycles. The lowest BCUT2D eigenvalue weighted by atomic mass is 10.0. The average molecular weight is 306 g/mol. The molecule has 0 spiro atoms. The number of aryl methyl sites for hydroxylation is 1. The molecule has 2 aromatic rings. The van der Waals surface area contributed by atoms with Crippen molar-refractivity contribution in [3.8, 4) is 11.1 Å². The summed E-state index contributed by atoms with van der Waals surface area (Å²) in [6.07, 6.45) is 0. The Bertz CT molecular complexity index is 662. The average Bonchev–Trinajstić information content (AvgIpc) is 2.81. The zero-order valence-electron chi connectivity index (χ0n) is 11.9. The van der Waals surface area contributed by atoms with Gasteiger partial charge in [0.05, 0.1) is 0 Å². The van der Waals surface area contributed by atoms with Crippen molar-refractivity contribution in [2.24, 2.45) is 0 Å². The minimum atomic E-state index is -0.997. The largest absolute Gasteiger partial charge is 0.361 e. The number of halogens is 1. The van der Waals surface area contributed by atoms with Crippen molar-refractivity contribution in [2.75, 3.05) is 6.61 Å². The van der Waals surface area contributed by atoms with Gasteiger partial charge in [-0.1, -0.05) is 30.3 Å². The van der Waals surface area contributed by atoms with Crippen LogP contribution in [0.2, 0.25) is 0 Å². The summed E-state index contributed by atoms with van der Waals surface area (Å²) in [5.41, 5.74) is 2.65. The Balaban J connectivity index is 2.60. The molecule has 0 aliphatic rings. The molecule has 0 atom stereocenters. The molecular formula is C16H16ClNO3. The molecular weight excluding hydrogens is 290 g/mol. The van der Waals surface area contributed by atoms with Gasteiger partial charge < -0.3 is 9.30 Å². The summed E-state index contributed by atoms with van der Waals surface area (Å²) in [5, 5.41) is -0.997. The van der Waals surface area contributed by atoms with Crippen LogP contribution in [0, 0.1) is 6.92 Å². The van der Waals surface area contributed by atoms with Crippen molar-refractivity contribution < 1.29 is 14.3 Å². The lowest BCUT2D eigenvalue weighted by Gasteiger charge is -2.11. The van der Waals surface area contributed by atoms with Gasteiger partial charge in [-0.3, -0.25) is 9.59 Å². The van der Waals surface area contributed by atoms with E-state index >= 15 is 0 Å². The fourth-order valence-electron chi connectivity index (χ4n) is 2.20. The van der Waals surface area contributed by atoms with Gasteiger partial charge in [0.15, 0.2) is 0 Å². The van der Waals surface area contributed by atoms with E-state index in [0.717, 1.165) is 11.3 Å². The molecule has 0 saturated heterocycles. The summed E-state index contributed by atoms with van der Waals surface area (Å²) >= 11 is 5.39. The van der Waals surface area contributed by atoms with Gasteiger partial charge in [-0.15, -0.1) is 0 Å². The molecule has 5 heteroatoms. The normalized spacial score (nSPS) is 10.6. The highest BCUT2D eigenvalue weighted by molar-refractivity contribution is 6.83. The predicted molar refractivity (Wildman–Crippen MR) is 81.4 cm³/mol. The number of Topliss-reactive ketones (excluding diaryl/α,β-unsaturated/α-hetero) is 1. The van der Waals surface area contributed by atoms with Crippen molar-refractivity contribution in [1.82, 2.24) is 4.57 Å². The quantitative estimate of drug-likeness (QED) is 0.467. The van der Waals surface area contributed by atoms with Gasteiger partial charge >= 0.3 is 0 Å². The molecule has 110 valence electrons. The lowest BCUT2D eigenvalue weighted by molar-refractivity contribution is -0.108. The second-order valence-corrected chi connectivity index (χ2v) is 4.91. The van der Waals surface area contributed by atoms with Gasteiger partial charge in [0.25, 0.3) is 11.0 Å². The number of ketones is 1. The number of carbonyl (C=O) groups is 2. The first-order valence-electron chi connectivity index (χ1n) is 6.63. The Labute approximate surface area is 128 Å². The summed E-state index contributed by atoms with van der Waals surface area (Å²) in [7, 11) is 0. The maximum atomic E-state index is 12.2. The first-order valence-corrected chi connectivity index (χ1v) is 7.01. The minimum Gasteiger partial charge on any atom is -0.361 e. The third-order valence-electron chi connectivity index (χ3n) is 3.21. The maximum Gasteiger partial charge on any atom is 0.294 e. The third-order valence-corrected chi connectivity index (χ3v) is 3.38. The molecule has 0 saturated carbocycles. The Kier molecular flexibility index (Phi) is 4.94. The lowest BCUT2D eigenvalue weighted by Crippen LogP contribution is -2.17. The predicted octanol–water partition coefficient (Wildman–Crippen LogP) is 3.41. The molecule has 0 unspecified atom stereocenters. The van der Waals surface area contributed by atoms with Crippen molar-refractivity contribution in [2.45, 2.75) is 20.6 Å². The van der Waals surface area contributed by atoms with Crippen LogP contribution >= 0.6 is 11.6 Å². The van der Waals surface area contributed by atoms with Crippen molar-refractivity contribution in [3.05, 3.63) is 47.8 Å². The molecule has 0 aliphatic carbocycles. The zero-order valence-corrected chi connectivity index (χ0v) is 12.7. The van der Waals surface area contributed by atoms with Crippen LogP contribution in [0.15, 0.2) is 36.4 Å². The van der Waals surface area contributed by atoms with Crippen LogP contribution in [-0.2, 0) is 16.3 Å². The van der Waals surface area contributed by atoms with Crippen LogP contribution in [0.1, 0.15) is 23.1 Å². The van der Waals surface area contributed by atoms with E-state index in [4.69, 9.17) is 16.3 Å². The second kappa shape index (κ2) is 6.70. The SMILES string of the molecule is CCOCn1c(C)cc(-c2ccccc2)c1C(=O)C(=O)Cl. The van der Waals surface area contributed by atoms with Crippen molar-refractivity contribution in [3.63, 3.8) is 0 Å². The topological polar surface area (TPSA) is 48.3 Å². The number of hydrogen-bond acceptors (Lipinski definition) is 3. The van der Waals surface area contributed by atoms with E-state index in [-0.39, 0.29) is 12.4 Å².